The zero-order valence-electron chi connectivity index (χ0n) is 8.66. The summed E-state index contributed by atoms with van der Waals surface area (Å²) in [6, 6.07) is 3.43. The van der Waals surface area contributed by atoms with Gasteiger partial charge in [-0.15, -0.1) is 0 Å². The molecule has 0 bridgehead atoms. The highest BCUT2D eigenvalue weighted by Crippen LogP contribution is 2.05. The van der Waals surface area contributed by atoms with Gasteiger partial charge in [-0.05, 0) is 44.1 Å². The Labute approximate surface area is 89.0 Å². The van der Waals surface area contributed by atoms with E-state index in [4.69, 9.17) is 4.42 Å². The predicted octanol–water partition coefficient (Wildman–Crippen LogP) is 0.661. The van der Waals surface area contributed by atoms with E-state index in [2.05, 4.69) is 10.6 Å². The second-order valence-corrected chi connectivity index (χ2v) is 3.89. The molecule has 1 aromatic rings. The number of carbonyl (C=O) groups excluding carboxylic acids is 1. The van der Waals surface area contributed by atoms with Crippen LogP contribution in [0, 0.1) is 5.92 Å². The first-order valence-corrected chi connectivity index (χ1v) is 5.34. The van der Waals surface area contributed by atoms with E-state index in [1.54, 1.807) is 12.1 Å². The smallest absolute Gasteiger partial charge is 0.211 e. The Morgan fingerprint density at radius 3 is 3.27 bits per heavy atom. The van der Waals surface area contributed by atoms with E-state index < -0.39 is 0 Å². The molecule has 2 rings (SSSR count). The minimum atomic E-state index is 0.0194. The highest BCUT2D eigenvalue weighted by atomic mass is 16.3. The van der Waals surface area contributed by atoms with Crippen molar-refractivity contribution >= 4 is 5.78 Å². The molecule has 0 unspecified atom stereocenters. The molecule has 1 aromatic heterocycles. The van der Waals surface area contributed by atoms with Gasteiger partial charge in [0.2, 0.25) is 5.78 Å². The fraction of sp³-hybridized carbons (Fsp3) is 0.545. The number of carbonyl (C=O) groups is 1. The molecule has 1 saturated heterocycles. The van der Waals surface area contributed by atoms with Gasteiger partial charge in [-0.3, -0.25) is 4.79 Å². The summed E-state index contributed by atoms with van der Waals surface area (Å²) in [6.45, 7) is 3.42. The van der Waals surface area contributed by atoms with Crippen LogP contribution in [0.5, 0.6) is 0 Å². The summed E-state index contributed by atoms with van der Waals surface area (Å²) in [6.07, 6.45) is 2.72. The number of hydrogen-bond acceptors (Lipinski definition) is 4. The van der Waals surface area contributed by atoms with Crippen LogP contribution in [0.3, 0.4) is 0 Å². The average molecular weight is 208 g/mol. The lowest BCUT2D eigenvalue weighted by Gasteiger charge is -2.08. The molecule has 82 valence electrons. The largest absolute Gasteiger partial charge is 0.461 e. The third-order valence-electron chi connectivity index (χ3n) is 2.68. The quantitative estimate of drug-likeness (QED) is 0.698. The maximum atomic E-state index is 11.5. The molecule has 0 aromatic carbocycles. The summed E-state index contributed by atoms with van der Waals surface area (Å²) in [4.78, 5) is 11.5. The van der Waals surface area contributed by atoms with Gasteiger partial charge in [0.15, 0.2) is 5.76 Å². The molecule has 0 aliphatic carbocycles. The highest BCUT2D eigenvalue weighted by Gasteiger charge is 2.14. The first-order valence-electron chi connectivity index (χ1n) is 5.34. The summed E-state index contributed by atoms with van der Waals surface area (Å²) in [7, 11) is 0. The molecular weight excluding hydrogens is 192 g/mol. The van der Waals surface area contributed by atoms with Crippen LogP contribution in [0.1, 0.15) is 17.0 Å². The molecule has 2 heterocycles. The van der Waals surface area contributed by atoms with Gasteiger partial charge in [0.1, 0.15) is 0 Å². The second kappa shape index (κ2) is 5.09. The maximum Gasteiger partial charge on any atom is 0.211 e. The van der Waals surface area contributed by atoms with Crippen LogP contribution < -0.4 is 10.6 Å². The van der Waals surface area contributed by atoms with Gasteiger partial charge in [0.05, 0.1) is 12.8 Å². The second-order valence-electron chi connectivity index (χ2n) is 3.89. The van der Waals surface area contributed by atoms with Gasteiger partial charge in [0.25, 0.3) is 0 Å². The topological polar surface area (TPSA) is 54.3 Å². The minimum Gasteiger partial charge on any atom is -0.461 e. The van der Waals surface area contributed by atoms with Crippen molar-refractivity contribution in [1.82, 2.24) is 10.6 Å². The first kappa shape index (κ1) is 10.4. The van der Waals surface area contributed by atoms with Crippen LogP contribution in [0.4, 0.5) is 0 Å². The number of Topliss-reactive ketones (excluding diaryl/α,β-unsaturated/α-hetero) is 1. The van der Waals surface area contributed by atoms with Gasteiger partial charge in [-0.2, -0.15) is 0 Å². The SMILES string of the molecule is O=C(CNC[C@@H]1CCNC1)c1ccco1. The van der Waals surface area contributed by atoms with Crippen LogP contribution in [-0.4, -0.2) is 32.0 Å². The van der Waals surface area contributed by atoms with Crippen LogP contribution in [-0.2, 0) is 0 Å². The van der Waals surface area contributed by atoms with Gasteiger partial charge in [-0.25, -0.2) is 0 Å². The van der Waals surface area contributed by atoms with E-state index in [1.165, 1.54) is 12.7 Å². The summed E-state index contributed by atoms with van der Waals surface area (Å²) in [5, 5.41) is 6.46. The first-order chi connectivity index (χ1) is 7.36. The van der Waals surface area contributed by atoms with Crippen LogP contribution in [0.15, 0.2) is 22.8 Å². The third kappa shape index (κ3) is 2.91. The lowest BCUT2D eigenvalue weighted by Crippen LogP contribution is -2.29. The Kier molecular flexibility index (Phi) is 3.53. The summed E-state index contributed by atoms with van der Waals surface area (Å²) in [5.41, 5.74) is 0. The van der Waals surface area contributed by atoms with Gasteiger partial charge >= 0.3 is 0 Å². The molecule has 1 aliphatic rings. The van der Waals surface area contributed by atoms with Crippen LogP contribution >= 0.6 is 0 Å². The number of ketones is 1. The predicted molar refractivity (Wildman–Crippen MR) is 56.9 cm³/mol. The van der Waals surface area contributed by atoms with Crippen molar-refractivity contribution in [3.63, 3.8) is 0 Å². The van der Waals surface area contributed by atoms with E-state index in [0.29, 0.717) is 18.2 Å². The Hall–Kier alpha value is -1.13. The molecule has 0 spiro atoms. The average Bonchev–Trinajstić information content (AvgIpc) is 2.90. The number of furan rings is 1. The summed E-state index contributed by atoms with van der Waals surface area (Å²) < 4.78 is 5.02. The zero-order valence-corrected chi connectivity index (χ0v) is 8.66. The van der Waals surface area contributed by atoms with Gasteiger partial charge in [-0.1, -0.05) is 0 Å². The molecule has 1 atom stereocenters. The molecule has 4 heteroatoms. The fourth-order valence-corrected chi connectivity index (χ4v) is 1.80. The van der Waals surface area contributed by atoms with E-state index >= 15 is 0 Å². The van der Waals surface area contributed by atoms with E-state index in [0.717, 1.165) is 19.6 Å². The molecule has 0 amide bonds. The summed E-state index contributed by atoms with van der Waals surface area (Å²) >= 11 is 0. The van der Waals surface area contributed by atoms with E-state index in [1.807, 2.05) is 0 Å². The molecule has 4 nitrogen and oxygen atoms in total. The van der Waals surface area contributed by atoms with E-state index in [9.17, 15) is 4.79 Å². The third-order valence-corrected chi connectivity index (χ3v) is 2.68. The normalized spacial score (nSPS) is 20.7. The number of hydrogen-bond donors (Lipinski definition) is 2. The highest BCUT2D eigenvalue weighted by molar-refractivity contribution is 5.94. The van der Waals surface area contributed by atoms with Crippen molar-refractivity contribution < 1.29 is 9.21 Å². The summed E-state index contributed by atoms with van der Waals surface area (Å²) in [5.74, 6) is 1.12. The van der Waals surface area contributed by atoms with Crippen LogP contribution in [0.2, 0.25) is 0 Å². The van der Waals surface area contributed by atoms with Crippen LogP contribution in [0.25, 0.3) is 0 Å². The van der Waals surface area contributed by atoms with Crippen molar-refractivity contribution in [2.75, 3.05) is 26.2 Å². The fourth-order valence-electron chi connectivity index (χ4n) is 1.80. The minimum absolute atomic E-state index is 0.0194. The Bertz CT molecular complexity index is 302. The molecule has 0 radical (unpaired) electrons. The lowest BCUT2D eigenvalue weighted by atomic mass is 10.1. The molecule has 2 N–H and O–H groups in total. The Balaban J connectivity index is 1.67. The Morgan fingerprint density at radius 1 is 1.67 bits per heavy atom. The van der Waals surface area contributed by atoms with Crippen molar-refractivity contribution in [2.45, 2.75) is 6.42 Å². The van der Waals surface area contributed by atoms with Crippen molar-refractivity contribution in [1.29, 1.82) is 0 Å². The molecule has 1 fully saturated rings. The maximum absolute atomic E-state index is 11.5. The molecule has 1 aliphatic heterocycles. The van der Waals surface area contributed by atoms with Crippen molar-refractivity contribution in [3.05, 3.63) is 24.2 Å². The molecule has 0 saturated carbocycles. The van der Waals surface area contributed by atoms with Gasteiger partial charge < -0.3 is 15.1 Å². The van der Waals surface area contributed by atoms with E-state index in [-0.39, 0.29) is 5.78 Å². The number of rotatable bonds is 5. The van der Waals surface area contributed by atoms with Crippen molar-refractivity contribution in [2.24, 2.45) is 5.92 Å². The lowest BCUT2D eigenvalue weighted by molar-refractivity contribution is 0.0963. The zero-order chi connectivity index (χ0) is 10.5. The standard InChI is InChI=1S/C11H16N2O2/c14-10(11-2-1-5-15-11)8-13-7-9-3-4-12-6-9/h1-2,5,9,12-13H,3-4,6-8H2/t9-/m1/s1. The monoisotopic (exact) mass is 208 g/mol. The molecular formula is C11H16N2O2. The van der Waals surface area contributed by atoms with Gasteiger partial charge in [0, 0.05) is 0 Å². The number of nitrogens with one attached hydrogen (secondary N) is 2. The molecule has 15 heavy (non-hydrogen) atoms. The van der Waals surface area contributed by atoms with Crippen molar-refractivity contribution in [3.8, 4) is 0 Å². The Morgan fingerprint density at radius 2 is 2.60 bits per heavy atom.